The van der Waals surface area contributed by atoms with Gasteiger partial charge in [0.05, 0.1) is 18.3 Å². The van der Waals surface area contributed by atoms with E-state index in [1.807, 2.05) is 13.8 Å². The second-order valence-electron chi connectivity index (χ2n) is 13.1. The first kappa shape index (κ1) is 25.9. The highest BCUT2D eigenvalue weighted by Crippen LogP contribution is 2.74. The maximum Gasteiger partial charge on any atom is 0.331 e. The average molecular weight is 475 g/mol. The molecule has 4 saturated carbocycles. The third kappa shape index (κ3) is 3.64. The summed E-state index contributed by atoms with van der Waals surface area (Å²) >= 11 is 0. The lowest BCUT2D eigenvalue weighted by molar-refractivity contribution is -0.233. The Bertz CT molecular complexity index is 887. The van der Waals surface area contributed by atoms with E-state index in [9.17, 15) is 25.2 Å². The maximum absolute atomic E-state index is 12.4. The SMILES string of the molecule is CC(C)=CCC/C(C(=O)O)=C1\[C@@H](O)C[C@@]2(C)[C@H]1C[C@@H](O)[C@H]1[C@@]3(C)CC[C@@H](O)[C@@H](C)[C@@H]3CC[C@@]12C. The lowest BCUT2D eigenvalue weighted by Gasteiger charge is -2.69. The van der Waals surface area contributed by atoms with Gasteiger partial charge in [-0.1, -0.05) is 39.3 Å². The first-order valence-corrected chi connectivity index (χ1v) is 13.4. The van der Waals surface area contributed by atoms with Gasteiger partial charge in [0.2, 0.25) is 0 Å². The summed E-state index contributed by atoms with van der Waals surface area (Å²) in [7, 11) is 0. The molecule has 0 radical (unpaired) electrons. The molecule has 0 aliphatic heterocycles. The van der Waals surface area contributed by atoms with Crippen molar-refractivity contribution in [2.45, 2.75) is 111 Å². The standard InChI is InChI=1S/C29H46O5/c1-16(2)8-7-9-18(26(33)34)24-20-14-22(31)25-27(4)12-11-21(30)17(3)19(27)10-13-28(25,5)29(20,6)15-23(24)32/h8,17,19-23,25,30-32H,7,9-15H2,1-6H3,(H,33,34)/b24-18+/t17-,19-,20-,21+,22+,23-,25-,27-,28-,29-/m0/s1. The number of carboxylic acids is 1. The zero-order valence-corrected chi connectivity index (χ0v) is 22.0. The molecule has 4 aliphatic rings. The minimum absolute atomic E-state index is 0.0600. The van der Waals surface area contributed by atoms with Crippen molar-refractivity contribution in [2.24, 2.45) is 39.9 Å². The van der Waals surface area contributed by atoms with Crippen molar-refractivity contribution in [1.29, 1.82) is 0 Å². The molecule has 0 aromatic heterocycles. The van der Waals surface area contributed by atoms with Crippen LogP contribution in [-0.2, 0) is 4.79 Å². The second kappa shape index (κ2) is 8.74. The van der Waals surface area contributed by atoms with Crippen molar-refractivity contribution >= 4 is 5.97 Å². The van der Waals surface area contributed by atoms with Gasteiger partial charge in [-0.15, -0.1) is 0 Å². The first-order chi connectivity index (χ1) is 15.8. The Morgan fingerprint density at radius 2 is 1.71 bits per heavy atom. The summed E-state index contributed by atoms with van der Waals surface area (Å²) in [6.07, 6.45) is 6.25. The fourth-order valence-corrected chi connectivity index (χ4v) is 9.51. The smallest absolute Gasteiger partial charge is 0.331 e. The van der Waals surface area contributed by atoms with E-state index in [2.05, 4.69) is 33.8 Å². The Kier molecular flexibility index (Phi) is 6.66. The van der Waals surface area contributed by atoms with Crippen molar-refractivity contribution < 1.29 is 25.2 Å². The van der Waals surface area contributed by atoms with Gasteiger partial charge in [-0.2, -0.15) is 0 Å². The Morgan fingerprint density at radius 1 is 1.03 bits per heavy atom. The summed E-state index contributed by atoms with van der Waals surface area (Å²) in [5, 5.41) is 43.8. The number of aliphatic hydroxyl groups is 3. The molecule has 0 heterocycles. The fraction of sp³-hybridized carbons (Fsp3) is 0.828. The van der Waals surface area contributed by atoms with Crippen LogP contribution in [0, 0.1) is 39.9 Å². The highest BCUT2D eigenvalue weighted by Gasteiger charge is 2.70. The van der Waals surface area contributed by atoms with Gasteiger partial charge in [0, 0.05) is 5.57 Å². The molecule has 5 nitrogen and oxygen atoms in total. The Morgan fingerprint density at radius 3 is 2.32 bits per heavy atom. The molecule has 0 amide bonds. The summed E-state index contributed by atoms with van der Waals surface area (Å²) in [5.41, 5.74) is 1.66. The van der Waals surface area contributed by atoms with E-state index in [0.717, 1.165) is 31.3 Å². The Hall–Kier alpha value is -1.17. The molecule has 4 fully saturated rings. The Balaban J connectivity index is 1.76. The van der Waals surface area contributed by atoms with Gasteiger partial charge in [0.25, 0.3) is 0 Å². The normalized spacial score (nSPS) is 49.5. The third-order valence-corrected chi connectivity index (χ3v) is 11.3. The molecule has 4 N–H and O–H groups in total. The van der Waals surface area contributed by atoms with Crippen LogP contribution >= 0.6 is 0 Å². The number of aliphatic carboxylic acids is 1. The van der Waals surface area contributed by atoms with E-state index >= 15 is 0 Å². The number of allylic oxidation sites excluding steroid dienone is 2. The highest BCUT2D eigenvalue weighted by atomic mass is 16.4. The van der Waals surface area contributed by atoms with Crippen LogP contribution in [-0.4, -0.2) is 44.7 Å². The molecule has 0 unspecified atom stereocenters. The lowest BCUT2D eigenvalue weighted by Crippen LogP contribution is -2.65. The van der Waals surface area contributed by atoms with Gasteiger partial charge in [-0.05, 0) is 111 Å². The third-order valence-electron chi connectivity index (χ3n) is 11.3. The van der Waals surface area contributed by atoms with E-state index in [1.165, 1.54) is 0 Å². The van der Waals surface area contributed by atoms with Gasteiger partial charge in [-0.25, -0.2) is 4.79 Å². The van der Waals surface area contributed by atoms with E-state index < -0.39 is 18.2 Å². The molecule has 0 saturated heterocycles. The minimum atomic E-state index is -0.937. The summed E-state index contributed by atoms with van der Waals surface area (Å²) in [6, 6.07) is 0. The molecule has 10 atom stereocenters. The van der Waals surface area contributed by atoms with Crippen molar-refractivity contribution in [1.82, 2.24) is 0 Å². The maximum atomic E-state index is 12.4. The predicted molar refractivity (Wildman–Crippen MR) is 133 cm³/mol. The number of aliphatic hydroxyl groups excluding tert-OH is 3. The van der Waals surface area contributed by atoms with E-state index in [1.54, 1.807) is 0 Å². The molecule has 34 heavy (non-hydrogen) atoms. The number of carboxylic acid groups (broad SMARTS) is 1. The van der Waals surface area contributed by atoms with Crippen molar-refractivity contribution in [3.8, 4) is 0 Å². The van der Waals surface area contributed by atoms with Crippen LogP contribution in [0.4, 0.5) is 0 Å². The van der Waals surface area contributed by atoms with Crippen LogP contribution < -0.4 is 0 Å². The quantitative estimate of drug-likeness (QED) is 0.336. The molecule has 192 valence electrons. The van der Waals surface area contributed by atoms with Gasteiger partial charge < -0.3 is 20.4 Å². The van der Waals surface area contributed by atoms with Gasteiger partial charge in [0.15, 0.2) is 0 Å². The van der Waals surface area contributed by atoms with Crippen molar-refractivity contribution in [2.75, 3.05) is 0 Å². The fourth-order valence-electron chi connectivity index (χ4n) is 9.51. The highest BCUT2D eigenvalue weighted by molar-refractivity contribution is 5.88. The Labute approximate surface area is 205 Å². The van der Waals surface area contributed by atoms with Crippen LogP contribution in [0.3, 0.4) is 0 Å². The summed E-state index contributed by atoms with van der Waals surface area (Å²) < 4.78 is 0. The molecule has 0 bridgehead atoms. The van der Waals surface area contributed by atoms with Crippen LogP contribution in [0.25, 0.3) is 0 Å². The molecule has 0 aromatic rings. The second-order valence-corrected chi connectivity index (χ2v) is 13.1. The summed E-state index contributed by atoms with van der Waals surface area (Å²) in [4.78, 5) is 12.4. The summed E-state index contributed by atoms with van der Waals surface area (Å²) in [6.45, 7) is 13.1. The first-order valence-electron chi connectivity index (χ1n) is 13.4. The topological polar surface area (TPSA) is 98.0 Å². The summed E-state index contributed by atoms with van der Waals surface area (Å²) in [5.74, 6) is -0.375. The average Bonchev–Trinajstić information content (AvgIpc) is 2.99. The number of carbonyl (C=O) groups is 1. The minimum Gasteiger partial charge on any atom is -0.478 e. The van der Waals surface area contributed by atoms with Crippen LogP contribution in [0.2, 0.25) is 0 Å². The number of rotatable bonds is 4. The van der Waals surface area contributed by atoms with E-state index in [-0.39, 0.29) is 40.1 Å². The van der Waals surface area contributed by atoms with Crippen LogP contribution in [0.15, 0.2) is 22.8 Å². The molecule has 0 aromatic carbocycles. The molecule has 0 spiro atoms. The van der Waals surface area contributed by atoms with Gasteiger partial charge in [-0.3, -0.25) is 0 Å². The van der Waals surface area contributed by atoms with Crippen molar-refractivity contribution in [3.05, 3.63) is 22.8 Å². The molecule has 4 aliphatic carbocycles. The molecule has 4 rings (SSSR count). The largest absolute Gasteiger partial charge is 0.478 e. The molecular weight excluding hydrogens is 428 g/mol. The molecule has 5 heteroatoms. The van der Waals surface area contributed by atoms with Crippen LogP contribution in [0.5, 0.6) is 0 Å². The monoisotopic (exact) mass is 474 g/mol. The zero-order chi connectivity index (χ0) is 25.2. The number of hydrogen-bond acceptors (Lipinski definition) is 4. The number of fused-ring (bicyclic) bond motifs is 5. The van der Waals surface area contributed by atoms with E-state index in [0.29, 0.717) is 42.7 Å². The van der Waals surface area contributed by atoms with Gasteiger partial charge >= 0.3 is 5.97 Å². The number of hydrogen-bond donors (Lipinski definition) is 4. The van der Waals surface area contributed by atoms with E-state index in [4.69, 9.17) is 0 Å². The predicted octanol–water partition coefficient (Wildman–Crippen LogP) is 5.10. The zero-order valence-electron chi connectivity index (χ0n) is 22.0. The van der Waals surface area contributed by atoms with Gasteiger partial charge in [0.1, 0.15) is 0 Å². The van der Waals surface area contributed by atoms with Crippen molar-refractivity contribution in [3.63, 3.8) is 0 Å². The van der Waals surface area contributed by atoms with Crippen LogP contribution in [0.1, 0.15) is 92.9 Å². The lowest BCUT2D eigenvalue weighted by atomic mass is 9.36. The molecular formula is C29H46O5.